The molecular weight excluding hydrogens is 190 g/mol. The van der Waals surface area contributed by atoms with Crippen molar-refractivity contribution < 1.29 is 9.84 Å². The first-order chi connectivity index (χ1) is 7.34. The fraction of sp³-hybridized carbons (Fsp3) is 0.417. The highest BCUT2D eigenvalue weighted by Gasteiger charge is 2.17. The number of hydrogen-bond acceptors (Lipinski definition) is 3. The number of rotatable bonds is 2. The van der Waals surface area contributed by atoms with Crippen LogP contribution in [0.4, 0.5) is 0 Å². The summed E-state index contributed by atoms with van der Waals surface area (Å²) in [5.74, 6) is 0.411. The maximum atomic E-state index is 9.31. The van der Waals surface area contributed by atoms with Gasteiger partial charge in [-0.05, 0) is 24.0 Å². The van der Waals surface area contributed by atoms with Crippen LogP contribution in [0, 0.1) is 5.92 Å². The van der Waals surface area contributed by atoms with Crippen LogP contribution in [0.15, 0.2) is 30.6 Å². The number of aromatic nitrogens is 1. The molecule has 0 aromatic carbocycles. The molecule has 0 radical (unpaired) electrons. The molecule has 1 aromatic heterocycles. The van der Waals surface area contributed by atoms with Crippen LogP contribution in [0.25, 0.3) is 6.08 Å². The third-order valence-electron chi connectivity index (χ3n) is 2.55. The molecule has 1 saturated heterocycles. The minimum atomic E-state index is -0.595. The van der Waals surface area contributed by atoms with Gasteiger partial charge in [0.15, 0.2) is 6.29 Å². The molecule has 1 aliphatic heterocycles. The number of nitrogens with zero attached hydrogens (tertiary/aromatic N) is 1. The number of hydrogen-bond donors (Lipinski definition) is 1. The number of aliphatic hydroxyl groups is 1. The molecule has 80 valence electrons. The van der Waals surface area contributed by atoms with Gasteiger partial charge >= 0.3 is 0 Å². The van der Waals surface area contributed by atoms with E-state index in [1.165, 1.54) is 0 Å². The van der Waals surface area contributed by atoms with Gasteiger partial charge < -0.3 is 9.84 Å². The van der Waals surface area contributed by atoms with E-state index in [4.69, 9.17) is 4.74 Å². The van der Waals surface area contributed by atoms with Crippen molar-refractivity contribution in [2.45, 2.75) is 19.1 Å². The molecule has 1 fully saturated rings. The molecule has 1 N–H and O–H groups in total. The number of pyridine rings is 1. The summed E-state index contributed by atoms with van der Waals surface area (Å²) < 4.78 is 5.07. The first kappa shape index (κ1) is 10.3. The average Bonchev–Trinajstić information content (AvgIpc) is 2.28. The minimum Gasteiger partial charge on any atom is -0.368 e. The van der Waals surface area contributed by atoms with E-state index in [9.17, 15) is 5.11 Å². The molecule has 0 spiro atoms. The zero-order valence-electron chi connectivity index (χ0n) is 8.54. The fourth-order valence-corrected chi connectivity index (χ4v) is 1.70. The van der Waals surface area contributed by atoms with Crippen LogP contribution < -0.4 is 0 Å². The van der Waals surface area contributed by atoms with Gasteiger partial charge in [-0.2, -0.15) is 0 Å². The minimum absolute atomic E-state index is 0.411. The molecule has 2 unspecified atom stereocenters. The van der Waals surface area contributed by atoms with Gasteiger partial charge in [-0.3, -0.25) is 4.98 Å². The molecule has 3 heteroatoms. The van der Waals surface area contributed by atoms with Crippen molar-refractivity contribution >= 4 is 6.08 Å². The highest BCUT2D eigenvalue weighted by Crippen LogP contribution is 2.20. The van der Waals surface area contributed by atoms with Gasteiger partial charge in [-0.25, -0.2) is 0 Å². The molecule has 3 nitrogen and oxygen atoms in total. The summed E-state index contributed by atoms with van der Waals surface area (Å²) in [6.45, 7) is 0.642. The van der Waals surface area contributed by atoms with Crippen LogP contribution in [-0.2, 0) is 4.74 Å². The zero-order chi connectivity index (χ0) is 10.5. The van der Waals surface area contributed by atoms with E-state index in [0.29, 0.717) is 18.9 Å². The van der Waals surface area contributed by atoms with Crippen LogP contribution in [0.1, 0.15) is 18.4 Å². The van der Waals surface area contributed by atoms with E-state index in [1.807, 2.05) is 18.3 Å². The lowest BCUT2D eigenvalue weighted by Gasteiger charge is -2.23. The summed E-state index contributed by atoms with van der Waals surface area (Å²) in [4.78, 5) is 4.04. The predicted molar refractivity (Wildman–Crippen MR) is 58.0 cm³/mol. The highest BCUT2D eigenvalue weighted by atomic mass is 16.6. The summed E-state index contributed by atoms with van der Waals surface area (Å²) in [5.41, 5.74) is 1.10. The van der Waals surface area contributed by atoms with E-state index >= 15 is 0 Å². The third kappa shape index (κ3) is 3.15. The lowest BCUT2D eigenvalue weighted by molar-refractivity contribution is -0.132. The maximum Gasteiger partial charge on any atom is 0.155 e. The topological polar surface area (TPSA) is 42.4 Å². The Morgan fingerprint density at radius 2 is 2.47 bits per heavy atom. The van der Waals surface area contributed by atoms with Crippen molar-refractivity contribution in [2.75, 3.05) is 6.61 Å². The zero-order valence-corrected chi connectivity index (χ0v) is 8.54. The number of ether oxygens (including phenoxy) is 1. The SMILES string of the molecule is OC1CC(C=Cc2cccnc2)CCO1. The van der Waals surface area contributed by atoms with Gasteiger partial charge in [0, 0.05) is 18.8 Å². The van der Waals surface area contributed by atoms with Crippen LogP contribution in [-0.4, -0.2) is 23.0 Å². The maximum absolute atomic E-state index is 9.31. The van der Waals surface area contributed by atoms with E-state index in [0.717, 1.165) is 12.0 Å². The Balaban J connectivity index is 1.93. The van der Waals surface area contributed by atoms with Crippen molar-refractivity contribution in [3.63, 3.8) is 0 Å². The molecule has 1 aromatic rings. The molecule has 0 bridgehead atoms. The molecule has 2 atom stereocenters. The summed E-state index contributed by atoms with van der Waals surface area (Å²) >= 11 is 0. The number of allylic oxidation sites excluding steroid dienone is 1. The smallest absolute Gasteiger partial charge is 0.155 e. The summed E-state index contributed by atoms with van der Waals surface area (Å²) in [5, 5.41) is 9.31. The lowest BCUT2D eigenvalue weighted by atomic mass is 9.98. The fourth-order valence-electron chi connectivity index (χ4n) is 1.70. The summed E-state index contributed by atoms with van der Waals surface area (Å²) in [6.07, 6.45) is 8.84. The summed E-state index contributed by atoms with van der Waals surface area (Å²) in [6, 6.07) is 3.93. The third-order valence-corrected chi connectivity index (χ3v) is 2.55. The van der Waals surface area contributed by atoms with Gasteiger partial charge in [-0.1, -0.05) is 18.2 Å². The number of aliphatic hydroxyl groups excluding tert-OH is 1. The Labute approximate surface area is 89.4 Å². The average molecular weight is 205 g/mol. The van der Waals surface area contributed by atoms with Crippen molar-refractivity contribution in [1.82, 2.24) is 4.98 Å². The Kier molecular flexibility index (Phi) is 3.48. The van der Waals surface area contributed by atoms with Crippen LogP contribution in [0.2, 0.25) is 0 Å². The second kappa shape index (κ2) is 5.05. The Morgan fingerprint density at radius 1 is 1.53 bits per heavy atom. The molecular formula is C12H15NO2. The van der Waals surface area contributed by atoms with Crippen molar-refractivity contribution in [2.24, 2.45) is 5.92 Å². The molecule has 0 saturated carbocycles. The quantitative estimate of drug-likeness (QED) is 0.801. The second-order valence-corrected chi connectivity index (χ2v) is 3.76. The molecule has 2 heterocycles. The molecule has 2 rings (SSSR count). The Morgan fingerprint density at radius 3 is 3.20 bits per heavy atom. The van der Waals surface area contributed by atoms with Crippen molar-refractivity contribution in [3.05, 3.63) is 36.2 Å². The lowest BCUT2D eigenvalue weighted by Crippen LogP contribution is -2.23. The standard InChI is InChI=1S/C12H15NO2/c14-12-8-10(5-7-15-12)3-4-11-2-1-6-13-9-11/h1-4,6,9-10,12,14H,5,7-8H2. The van der Waals surface area contributed by atoms with E-state index < -0.39 is 6.29 Å². The highest BCUT2D eigenvalue weighted by molar-refractivity contribution is 5.47. The first-order valence-corrected chi connectivity index (χ1v) is 5.22. The molecule has 0 amide bonds. The second-order valence-electron chi connectivity index (χ2n) is 3.76. The molecule has 1 aliphatic rings. The van der Waals surface area contributed by atoms with Crippen LogP contribution >= 0.6 is 0 Å². The normalized spacial score (nSPS) is 27.0. The Bertz CT molecular complexity index is 324. The van der Waals surface area contributed by atoms with E-state index in [-0.39, 0.29) is 0 Å². The van der Waals surface area contributed by atoms with Crippen molar-refractivity contribution in [1.29, 1.82) is 0 Å². The van der Waals surface area contributed by atoms with E-state index in [2.05, 4.69) is 17.1 Å². The molecule has 0 aliphatic carbocycles. The van der Waals surface area contributed by atoms with Crippen LogP contribution in [0.5, 0.6) is 0 Å². The summed E-state index contributed by atoms with van der Waals surface area (Å²) in [7, 11) is 0. The van der Waals surface area contributed by atoms with E-state index in [1.54, 1.807) is 6.20 Å². The van der Waals surface area contributed by atoms with Crippen molar-refractivity contribution in [3.8, 4) is 0 Å². The van der Waals surface area contributed by atoms with Gasteiger partial charge in [0.2, 0.25) is 0 Å². The van der Waals surface area contributed by atoms with Crippen LogP contribution in [0.3, 0.4) is 0 Å². The Hall–Kier alpha value is -1.19. The van der Waals surface area contributed by atoms with Gasteiger partial charge in [0.1, 0.15) is 0 Å². The first-order valence-electron chi connectivity index (χ1n) is 5.22. The predicted octanol–water partition coefficient (Wildman–Crippen LogP) is 1.84. The van der Waals surface area contributed by atoms with Gasteiger partial charge in [-0.15, -0.1) is 0 Å². The monoisotopic (exact) mass is 205 g/mol. The largest absolute Gasteiger partial charge is 0.368 e. The van der Waals surface area contributed by atoms with Gasteiger partial charge in [0.25, 0.3) is 0 Å². The van der Waals surface area contributed by atoms with Gasteiger partial charge in [0.05, 0.1) is 6.61 Å². The molecule has 15 heavy (non-hydrogen) atoms.